The van der Waals surface area contributed by atoms with Crippen molar-refractivity contribution in [3.8, 4) is 0 Å². The van der Waals surface area contributed by atoms with Crippen LogP contribution in [0.3, 0.4) is 0 Å². The van der Waals surface area contributed by atoms with Crippen LogP contribution in [0.4, 0.5) is 0 Å². The van der Waals surface area contributed by atoms with Crippen molar-refractivity contribution in [1.82, 2.24) is 9.80 Å². The van der Waals surface area contributed by atoms with Crippen molar-refractivity contribution >= 4 is 13.9 Å². The molecule has 0 radical (unpaired) electrons. The molecule has 3 atom stereocenters. The molecule has 2 heterocycles. The molecule has 3 rings (SSSR count). The molecule has 1 saturated carbocycles. The van der Waals surface area contributed by atoms with Gasteiger partial charge in [-0.15, -0.1) is 0 Å². The molecule has 3 N–H and O–H groups in total. The summed E-state index contributed by atoms with van der Waals surface area (Å²) in [6, 6.07) is 0. The Morgan fingerprint density at radius 3 is 1.59 bits per heavy atom. The minimum absolute atomic E-state index is 0.0860. The van der Waals surface area contributed by atoms with E-state index in [1.54, 1.807) is 0 Å². The van der Waals surface area contributed by atoms with Crippen LogP contribution >= 0.6 is 8.03 Å². The van der Waals surface area contributed by atoms with Crippen molar-refractivity contribution in [3.05, 3.63) is 0 Å². The summed E-state index contributed by atoms with van der Waals surface area (Å²) in [6.07, 6.45) is 2.25. The zero-order valence-electron chi connectivity index (χ0n) is 13.9. The third kappa shape index (κ3) is 2.15. The molecule has 22 heavy (non-hydrogen) atoms. The van der Waals surface area contributed by atoms with Gasteiger partial charge < -0.3 is 5.73 Å². The van der Waals surface area contributed by atoms with Gasteiger partial charge >= 0.3 is 8.03 Å². The molecule has 124 valence electrons. The van der Waals surface area contributed by atoms with Crippen LogP contribution < -0.4 is 5.73 Å². The lowest BCUT2D eigenvalue weighted by atomic mass is 9.79. The molecule has 0 bridgehead atoms. The Bertz CT molecular complexity index is 498. The highest BCUT2D eigenvalue weighted by molar-refractivity contribution is 7.41. The second-order valence-electron chi connectivity index (χ2n) is 8.45. The number of nitrogens with zero attached hydrogens (tertiary/aromatic N) is 2. The topological polar surface area (TPSA) is 86.4 Å². The van der Waals surface area contributed by atoms with E-state index in [9.17, 15) is 14.3 Å². The highest BCUT2D eigenvalue weighted by Gasteiger charge is 2.69. The van der Waals surface area contributed by atoms with Crippen LogP contribution in [-0.2, 0) is 9.36 Å². The second kappa shape index (κ2) is 4.50. The summed E-state index contributed by atoms with van der Waals surface area (Å²) in [5.41, 5.74) is 5.73. The first-order chi connectivity index (χ1) is 9.98. The molecule has 0 aromatic rings. The van der Waals surface area contributed by atoms with Crippen LogP contribution in [0.25, 0.3) is 0 Å². The van der Waals surface area contributed by atoms with Gasteiger partial charge in [-0.25, -0.2) is 0 Å². The first-order valence-electron chi connectivity index (χ1n) is 8.00. The van der Waals surface area contributed by atoms with Gasteiger partial charge in [0.25, 0.3) is 11.1 Å². The predicted molar refractivity (Wildman–Crippen MR) is 84.5 cm³/mol. The third-order valence-corrected chi connectivity index (χ3v) is 7.45. The van der Waals surface area contributed by atoms with Crippen molar-refractivity contribution in [3.63, 3.8) is 0 Å². The fourth-order valence-electron chi connectivity index (χ4n) is 4.41. The standard InChI is InChI=1S/C15H26N3O3P/c1-12(2)9-17(12)15(18-10-13(18,3)4)7-5-14(6-8-15,11(16)19)22(20)21/h5-10H2,1-4H3,(H2-,16,19,20,21)/p+1. The van der Waals surface area contributed by atoms with E-state index in [-0.39, 0.29) is 16.7 Å². The largest absolute Gasteiger partial charge is 0.522 e. The zero-order valence-corrected chi connectivity index (χ0v) is 14.8. The van der Waals surface area contributed by atoms with Crippen molar-refractivity contribution < 1.29 is 14.3 Å². The molecule has 3 unspecified atom stereocenters. The molecule has 6 nitrogen and oxygen atoms in total. The van der Waals surface area contributed by atoms with Crippen LogP contribution in [0, 0.1) is 0 Å². The Morgan fingerprint density at radius 2 is 1.36 bits per heavy atom. The van der Waals surface area contributed by atoms with Crippen molar-refractivity contribution in [2.24, 2.45) is 5.73 Å². The SMILES string of the molecule is CC1(C)CN1C1(N2CC2(C)C)CCC(C(N)=O)([P+](=O)O)CC1. The van der Waals surface area contributed by atoms with E-state index >= 15 is 0 Å². The lowest BCUT2D eigenvalue weighted by Crippen LogP contribution is -2.57. The highest BCUT2D eigenvalue weighted by Crippen LogP contribution is 2.59. The van der Waals surface area contributed by atoms with Gasteiger partial charge in [-0.05, 0) is 45.1 Å². The van der Waals surface area contributed by atoms with Gasteiger partial charge in [-0.2, -0.15) is 4.89 Å². The molecular formula is C15H27N3O3P+. The third-order valence-electron chi connectivity index (χ3n) is 6.05. The number of hydrogen-bond donors (Lipinski definition) is 2. The predicted octanol–water partition coefficient (Wildman–Crippen LogP) is 1.40. The maximum atomic E-state index is 11.8. The van der Waals surface area contributed by atoms with E-state index in [0.717, 1.165) is 25.9 Å². The summed E-state index contributed by atoms with van der Waals surface area (Å²) < 4.78 is 11.8. The minimum Gasteiger partial charge on any atom is -0.365 e. The van der Waals surface area contributed by atoms with Gasteiger partial charge in [0.05, 0.1) is 5.66 Å². The van der Waals surface area contributed by atoms with Crippen LogP contribution in [-0.4, -0.2) is 55.6 Å². The van der Waals surface area contributed by atoms with Gasteiger partial charge in [0.1, 0.15) is 0 Å². The first kappa shape index (κ1) is 16.3. The maximum absolute atomic E-state index is 11.8. The summed E-state index contributed by atoms with van der Waals surface area (Å²) in [4.78, 5) is 26.4. The average molecular weight is 328 g/mol. The first-order valence-corrected chi connectivity index (χ1v) is 9.21. The van der Waals surface area contributed by atoms with Crippen LogP contribution in [0.5, 0.6) is 0 Å². The molecule has 7 heteroatoms. The lowest BCUT2D eigenvalue weighted by Gasteiger charge is -2.45. The van der Waals surface area contributed by atoms with Crippen molar-refractivity contribution in [1.29, 1.82) is 0 Å². The van der Waals surface area contributed by atoms with Gasteiger partial charge in [0, 0.05) is 37.0 Å². The van der Waals surface area contributed by atoms with E-state index < -0.39 is 19.1 Å². The quantitative estimate of drug-likeness (QED) is 0.602. The van der Waals surface area contributed by atoms with Crippen molar-refractivity contribution in [2.45, 2.75) is 75.3 Å². The molecule has 1 amide bonds. The summed E-state index contributed by atoms with van der Waals surface area (Å²) >= 11 is 0. The summed E-state index contributed by atoms with van der Waals surface area (Å²) in [5.74, 6) is -0.625. The van der Waals surface area contributed by atoms with Crippen LogP contribution in [0.2, 0.25) is 0 Å². The summed E-state index contributed by atoms with van der Waals surface area (Å²) in [5, 5.41) is -1.24. The van der Waals surface area contributed by atoms with E-state index in [1.807, 2.05) is 0 Å². The number of amides is 1. The number of nitrogens with two attached hydrogens (primary N) is 1. The van der Waals surface area contributed by atoms with Gasteiger partial charge in [0.15, 0.2) is 0 Å². The fourth-order valence-corrected chi connectivity index (χ4v) is 5.20. The van der Waals surface area contributed by atoms with Crippen LogP contribution in [0.15, 0.2) is 0 Å². The van der Waals surface area contributed by atoms with Crippen molar-refractivity contribution in [2.75, 3.05) is 13.1 Å². The summed E-state index contributed by atoms with van der Waals surface area (Å²) in [6.45, 7) is 11.0. The number of primary amides is 1. The second-order valence-corrected chi connectivity index (χ2v) is 9.85. The Hall–Kier alpha value is -0.550. The Balaban J connectivity index is 1.87. The zero-order chi connectivity index (χ0) is 16.6. The number of rotatable bonds is 4. The highest BCUT2D eigenvalue weighted by atomic mass is 31.1. The maximum Gasteiger partial charge on any atom is 0.522 e. The normalized spacial score (nSPS) is 46.0. The molecule has 3 fully saturated rings. The molecule has 1 aliphatic carbocycles. The smallest absolute Gasteiger partial charge is 0.365 e. The number of hydrogen-bond acceptors (Lipinski definition) is 4. The average Bonchev–Trinajstić information content (AvgIpc) is 3.24. The van der Waals surface area contributed by atoms with Gasteiger partial charge in [-0.1, -0.05) is 0 Å². The Kier molecular flexibility index (Phi) is 3.34. The minimum atomic E-state index is -2.59. The van der Waals surface area contributed by atoms with E-state index in [4.69, 9.17) is 5.73 Å². The molecular weight excluding hydrogens is 301 g/mol. The van der Waals surface area contributed by atoms with Crippen LogP contribution in [0.1, 0.15) is 53.4 Å². The Labute approximate surface area is 132 Å². The molecule has 0 spiro atoms. The van der Waals surface area contributed by atoms with E-state index in [2.05, 4.69) is 37.5 Å². The molecule has 0 aromatic heterocycles. The summed E-state index contributed by atoms with van der Waals surface area (Å²) in [7, 11) is -2.59. The van der Waals surface area contributed by atoms with Gasteiger partial charge in [-0.3, -0.25) is 14.6 Å². The molecule has 2 saturated heterocycles. The molecule has 0 aromatic carbocycles. The van der Waals surface area contributed by atoms with E-state index in [0.29, 0.717) is 12.8 Å². The number of carbonyl (C=O) groups is 1. The number of carbonyl (C=O) groups excluding carboxylic acids is 1. The molecule has 2 aliphatic heterocycles. The van der Waals surface area contributed by atoms with E-state index in [1.165, 1.54) is 0 Å². The Morgan fingerprint density at radius 1 is 1.00 bits per heavy atom. The monoisotopic (exact) mass is 328 g/mol. The van der Waals surface area contributed by atoms with Gasteiger partial charge in [0.2, 0.25) is 0 Å². The lowest BCUT2D eigenvalue weighted by molar-refractivity contribution is -0.123. The molecule has 3 aliphatic rings. The fraction of sp³-hybridized carbons (Fsp3) is 0.933.